The fraction of sp³-hybridized carbons (Fsp3) is 0. The van der Waals surface area contributed by atoms with Crippen molar-refractivity contribution in [2.24, 2.45) is 0 Å². The van der Waals surface area contributed by atoms with E-state index < -0.39 is 0 Å². The SMILES string of the molecule is Brc1ccc(-c2cc(-c3ccccc3)c(-c3ccccc3)c(-c3ccccc3)c2-c2ccccc2)nc1. The summed E-state index contributed by atoms with van der Waals surface area (Å²) in [7, 11) is 0. The van der Waals surface area contributed by atoms with Crippen LogP contribution in [0.5, 0.6) is 0 Å². The Balaban J connectivity index is 1.83. The molecule has 0 radical (unpaired) electrons. The molecule has 0 saturated carbocycles. The predicted octanol–water partition coefficient (Wildman–Crippen LogP) is 10.2. The first-order valence-corrected chi connectivity index (χ1v) is 13.1. The predicted molar refractivity (Wildman–Crippen MR) is 159 cm³/mol. The number of halogens is 1. The summed E-state index contributed by atoms with van der Waals surface area (Å²) in [6, 6.07) is 49.3. The summed E-state index contributed by atoms with van der Waals surface area (Å²) in [5.41, 5.74) is 11.5. The van der Waals surface area contributed by atoms with E-state index in [1.165, 1.54) is 38.9 Å². The van der Waals surface area contributed by atoms with Crippen molar-refractivity contribution in [2.75, 3.05) is 0 Å². The van der Waals surface area contributed by atoms with Gasteiger partial charge in [0.05, 0.1) is 5.69 Å². The molecular weight excluding hydrogens is 514 g/mol. The van der Waals surface area contributed by atoms with Crippen molar-refractivity contribution < 1.29 is 0 Å². The van der Waals surface area contributed by atoms with Gasteiger partial charge in [-0.1, -0.05) is 121 Å². The van der Waals surface area contributed by atoms with Crippen LogP contribution < -0.4 is 0 Å². The molecule has 0 fully saturated rings. The molecule has 0 aliphatic rings. The van der Waals surface area contributed by atoms with Crippen LogP contribution >= 0.6 is 15.9 Å². The zero-order chi connectivity index (χ0) is 25.0. The van der Waals surface area contributed by atoms with Gasteiger partial charge in [0.15, 0.2) is 0 Å². The molecule has 0 atom stereocenters. The zero-order valence-corrected chi connectivity index (χ0v) is 21.8. The molecule has 0 amide bonds. The van der Waals surface area contributed by atoms with Crippen LogP contribution in [0.4, 0.5) is 0 Å². The van der Waals surface area contributed by atoms with Gasteiger partial charge in [-0.05, 0) is 78.6 Å². The molecule has 0 spiro atoms. The maximum atomic E-state index is 4.86. The second-order valence-corrected chi connectivity index (χ2v) is 9.84. The Morgan fingerprint density at radius 1 is 0.405 bits per heavy atom. The minimum Gasteiger partial charge on any atom is -0.255 e. The lowest BCUT2D eigenvalue weighted by atomic mass is 9.79. The molecule has 0 aliphatic heterocycles. The number of pyridine rings is 1. The summed E-state index contributed by atoms with van der Waals surface area (Å²) in [4.78, 5) is 4.86. The highest BCUT2D eigenvalue weighted by Crippen LogP contribution is 2.49. The van der Waals surface area contributed by atoms with Gasteiger partial charge in [0.1, 0.15) is 0 Å². The van der Waals surface area contributed by atoms with Crippen molar-refractivity contribution in [1.82, 2.24) is 4.98 Å². The second kappa shape index (κ2) is 10.4. The van der Waals surface area contributed by atoms with Crippen LogP contribution in [-0.2, 0) is 0 Å². The van der Waals surface area contributed by atoms with Crippen molar-refractivity contribution in [3.8, 4) is 55.8 Å². The van der Waals surface area contributed by atoms with Gasteiger partial charge in [0.2, 0.25) is 0 Å². The minimum absolute atomic E-state index is 0.941. The molecule has 2 heteroatoms. The number of hydrogen-bond donors (Lipinski definition) is 0. The Labute approximate surface area is 226 Å². The first-order chi connectivity index (χ1) is 18.3. The summed E-state index contributed by atoms with van der Waals surface area (Å²) >= 11 is 3.56. The van der Waals surface area contributed by atoms with Crippen LogP contribution in [0.1, 0.15) is 0 Å². The highest BCUT2D eigenvalue weighted by molar-refractivity contribution is 9.10. The topological polar surface area (TPSA) is 12.9 Å². The van der Waals surface area contributed by atoms with E-state index in [0.29, 0.717) is 0 Å². The van der Waals surface area contributed by atoms with Crippen LogP contribution in [0, 0.1) is 0 Å². The Bertz CT molecular complexity index is 1630. The number of benzene rings is 5. The van der Waals surface area contributed by atoms with Crippen molar-refractivity contribution in [3.63, 3.8) is 0 Å². The van der Waals surface area contributed by atoms with E-state index in [1.54, 1.807) is 0 Å². The molecule has 0 bridgehead atoms. The average Bonchev–Trinajstić information content (AvgIpc) is 2.98. The standard InChI is InChI=1S/C35H24BrN/c36-29-21-22-32(37-24-29)31-23-30(25-13-5-1-6-14-25)33(26-15-7-2-8-16-26)35(28-19-11-4-12-20-28)34(31)27-17-9-3-10-18-27/h1-24H. The van der Waals surface area contributed by atoms with Crippen LogP contribution in [-0.4, -0.2) is 4.98 Å². The second-order valence-electron chi connectivity index (χ2n) is 8.92. The maximum Gasteiger partial charge on any atom is 0.0709 e. The molecule has 37 heavy (non-hydrogen) atoms. The molecule has 5 aromatic carbocycles. The molecule has 0 unspecified atom stereocenters. The Morgan fingerprint density at radius 3 is 1.30 bits per heavy atom. The van der Waals surface area contributed by atoms with Gasteiger partial charge in [0.25, 0.3) is 0 Å². The lowest BCUT2D eigenvalue weighted by Crippen LogP contribution is -1.98. The van der Waals surface area contributed by atoms with Crippen molar-refractivity contribution >= 4 is 15.9 Å². The third-order valence-electron chi connectivity index (χ3n) is 6.60. The fourth-order valence-electron chi connectivity index (χ4n) is 4.97. The largest absolute Gasteiger partial charge is 0.255 e. The molecule has 6 aromatic rings. The summed E-state index contributed by atoms with van der Waals surface area (Å²) in [5, 5.41) is 0. The third kappa shape index (κ3) is 4.64. The smallest absolute Gasteiger partial charge is 0.0709 e. The van der Waals surface area contributed by atoms with Crippen molar-refractivity contribution in [2.45, 2.75) is 0 Å². The van der Waals surface area contributed by atoms with Crippen LogP contribution in [0.3, 0.4) is 0 Å². The number of rotatable bonds is 5. The van der Waals surface area contributed by atoms with Gasteiger partial charge in [-0.25, -0.2) is 0 Å². The van der Waals surface area contributed by atoms with E-state index in [-0.39, 0.29) is 0 Å². The number of aromatic nitrogens is 1. The first kappa shape index (κ1) is 23.1. The van der Waals surface area contributed by atoms with E-state index in [1.807, 2.05) is 6.20 Å². The molecule has 0 saturated heterocycles. The fourth-order valence-corrected chi connectivity index (χ4v) is 5.20. The van der Waals surface area contributed by atoms with Gasteiger partial charge in [-0.2, -0.15) is 0 Å². The molecule has 176 valence electrons. The Morgan fingerprint density at radius 2 is 0.838 bits per heavy atom. The molecule has 0 aliphatic carbocycles. The Kier molecular flexibility index (Phi) is 6.49. The number of nitrogens with zero attached hydrogens (tertiary/aromatic N) is 1. The maximum absolute atomic E-state index is 4.86. The van der Waals surface area contributed by atoms with Crippen LogP contribution in [0.15, 0.2) is 150 Å². The molecular formula is C35H24BrN. The normalized spacial score (nSPS) is 10.8. The highest BCUT2D eigenvalue weighted by atomic mass is 79.9. The number of hydrogen-bond acceptors (Lipinski definition) is 1. The van der Waals surface area contributed by atoms with Gasteiger partial charge < -0.3 is 0 Å². The van der Waals surface area contributed by atoms with E-state index in [2.05, 4.69) is 155 Å². The van der Waals surface area contributed by atoms with E-state index >= 15 is 0 Å². The lowest BCUT2D eigenvalue weighted by molar-refractivity contribution is 1.31. The first-order valence-electron chi connectivity index (χ1n) is 12.3. The van der Waals surface area contributed by atoms with Crippen molar-refractivity contribution in [1.29, 1.82) is 0 Å². The average molecular weight is 538 g/mol. The third-order valence-corrected chi connectivity index (χ3v) is 7.07. The summed E-state index contributed by atoms with van der Waals surface area (Å²) in [6.07, 6.45) is 1.87. The molecule has 1 heterocycles. The van der Waals surface area contributed by atoms with Gasteiger partial charge in [0, 0.05) is 16.2 Å². The van der Waals surface area contributed by atoms with E-state index in [9.17, 15) is 0 Å². The van der Waals surface area contributed by atoms with Gasteiger partial charge in [-0.3, -0.25) is 4.98 Å². The highest BCUT2D eigenvalue weighted by Gasteiger charge is 2.23. The van der Waals surface area contributed by atoms with Crippen LogP contribution in [0.2, 0.25) is 0 Å². The zero-order valence-electron chi connectivity index (χ0n) is 20.2. The van der Waals surface area contributed by atoms with Gasteiger partial charge >= 0.3 is 0 Å². The van der Waals surface area contributed by atoms with Gasteiger partial charge in [-0.15, -0.1) is 0 Å². The molecule has 1 aromatic heterocycles. The molecule has 6 rings (SSSR count). The quantitative estimate of drug-likeness (QED) is 0.213. The summed E-state index contributed by atoms with van der Waals surface area (Å²) in [6.45, 7) is 0. The monoisotopic (exact) mass is 537 g/mol. The summed E-state index contributed by atoms with van der Waals surface area (Å²) < 4.78 is 0.963. The molecule has 0 N–H and O–H groups in total. The molecule has 1 nitrogen and oxygen atoms in total. The van der Waals surface area contributed by atoms with E-state index in [0.717, 1.165) is 21.3 Å². The van der Waals surface area contributed by atoms with Crippen molar-refractivity contribution in [3.05, 3.63) is 150 Å². The van der Waals surface area contributed by atoms with Crippen LogP contribution in [0.25, 0.3) is 55.8 Å². The minimum atomic E-state index is 0.941. The summed E-state index contributed by atoms with van der Waals surface area (Å²) in [5.74, 6) is 0. The lowest BCUT2D eigenvalue weighted by Gasteiger charge is -2.24. The van der Waals surface area contributed by atoms with E-state index in [4.69, 9.17) is 4.98 Å². The Hall–Kier alpha value is -4.27.